The van der Waals surface area contributed by atoms with Crippen molar-refractivity contribution >= 4 is 46.0 Å². The van der Waals surface area contributed by atoms with Gasteiger partial charge in [0.05, 0.1) is 89.4 Å². The van der Waals surface area contributed by atoms with E-state index in [1.807, 2.05) is 10.9 Å². The number of anilines is 1. The van der Waals surface area contributed by atoms with E-state index in [1.165, 1.54) is 17.7 Å². The second-order valence-electron chi connectivity index (χ2n) is 17.7. The number of imide groups is 2. The Morgan fingerprint density at radius 2 is 1.51 bits per heavy atom. The van der Waals surface area contributed by atoms with Gasteiger partial charge in [-0.15, -0.1) is 5.10 Å². The van der Waals surface area contributed by atoms with Crippen molar-refractivity contribution in [3.8, 4) is 11.3 Å². The smallest absolute Gasteiger partial charge is 0.264 e. The van der Waals surface area contributed by atoms with Gasteiger partial charge in [-0.05, 0) is 93.1 Å². The molecule has 0 radical (unpaired) electrons. The van der Waals surface area contributed by atoms with E-state index in [0.717, 1.165) is 78.0 Å². The summed E-state index contributed by atoms with van der Waals surface area (Å²) >= 11 is 0. The van der Waals surface area contributed by atoms with Crippen LogP contribution in [0.2, 0.25) is 0 Å². The number of halogens is 1. The lowest BCUT2D eigenvalue weighted by Gasteiger charge is -2.27. The topological polar surface area (TPSA) is 209 Å². The van der Waals surface area contributed by atoms with Crippen LogP contribution in [0.4, 0.5) is 10.1 Å². The third-order valence-corrected chi connectivity index (χ3v) is 12.6. The summed E-state index contributed by atoms with van der Waals surface area (Å²) in [4.78, 5) is 69.5. The third-order valence-electron chi connectivity index (χ3n) is 12.6. The molecule has 3 N–H and O–H groups in total. The highest BCUT2D eigenvalue weighted by Crippen LogP contribution is 2.37. The van der Waals surface area contributed by atoms with Crippen LogP contribution in [0.1, 0.15) is 86.4 Å². The molecule has 1 atom stereocenters. The van der Waals surface area contributed by atoms with Crippen molar-refractivity contribution < 1.29 is 52.0 Å². The molecule has 1 unspecified atom stereocenters. The fourth-order valence-electron chi connectivity index (χ4n) is 9.12. The summed E-state index contributed by atoms with van der Waals surface area (Å²) in [5, 5.41) is 14.8. The molecule has 372 valence electrons. The van der Waals surface area contributed by atoms with Crippen LogP contribution in [0.3, 0.4) is 0 Å². The van der Waals surface area contributed by atoms with E-state index in [1.54, 1.807) is 18.2 Å². The number of ketones is 1. The summed E-state index contributed by atoms with van der Waals surface area (Å²) < 4.78 is 44.2. The van der Waals surface area contributed by atoms with Crippen molar-refractivity contribution in [3.63, 3.8) is 0 Å². The number of aromatic nitrogens is 4. The van der Waals surface area contributed by atoms with Gasteiger partial charge in [-0.1, -0.05) is 35.5 Å². The molecule has 1 aliphatic carbocycles. The van der Waals surface area contributed by atoms with E-state index in [4.69, 9.17) is 23.7 Å². The molecule has 70 heavy (non-hydrogen) atoms. The fourth-order valence-corrected chi connectivity index (χ4v) is 9.12. The summed E-state index contributed by atoms with van der Waals surface area (Å²) in [6.45, 7) is 6.98. The van der Waals surface area contributed by atoms with Gasteiger partial charge in [-0.3, -0.25) is 34.2 Å². The number of hydrogen-bond acceptors (Lipinski definition) is 14. The molecule has 1 fully saturated rings. The van der Waals surface area contributed by atoms with Crippen LogP contribution >= 0.6 is 0 Å². The minimum absolute atomic E-state index is 0.00820. The molecule has 2 aromatic heterocycles. The molecule has 0 bridgehead atoms. The van der Waals surface area contributed by atoms with Gasteiger partial charge < -0.3 is 38.9 Å². The maximum absolute atomic E-state index is 14.3. The molecular weight excluding hydrogens is 904 g/mol. The van der Waals surface area contributed by atoms with Crippen LogP contribution < -0.4 is 10.6 Å². The number of aryl methyl sites for hydroxylation is 2. The molecule has 18 nitrogen and oxygen atoms in total. The highest BCUT2D eigenvalue weighted by atomic mass is 19.1. The number of carbonyl (C=O) groups is 5. The summed E-state index contributed by atoms with van der Waals surface area (Å²) in [7, 11) is 2.13. The number of benzene rings is 3. The number of amides is 4. The Labute approximate surface area is 405 Å². The lowest BCUT2D eigenvalue weighted by molar-refractivity contribution is -0.136. The molecule has 3 aliphatic rings. The summed E-state index contributed by atoms with van der Waals surface area (Å²) in [6, 6.07) is 15.3. The number of nitrogens with one attached hydrogen (secondary N) is 3. The van der Waals surface area contributed by atoms with Crippen molar-refractivity contribution in [1.82, 2.24) is 35.1 Å². The molecule has 3 aromatic carbocycles. The standard InChI is InChI=1S/C51H61FN8O10/c1-58(32-34-11-13-35(14-12-34)48-38-7-5-10-44(61)40-30-36(52)31-42(54-48)46(38)40)18-3-2-6-37-33-59(57-56-37)19-21-67-23-25-69-27-29-70-28-26-68-24-22-66-20-17-53-41-9-4-8-39-47(41)51(65)60(50(39)64)43-15-16-45(62)55-49(43)63/h4,8-9,11-14,30-31,33,43,53-54H,2-3,5-7,10,15-29,32H2,1H3,(H,55,62,63). The predicted molar refractivity (Wildman–Crippen MR) is 256 cm³/mol. The first-order chi connectivity index (χ1) is 34.1. The number of H-pyrrole nitrogens is 1. The molecular formula is C51H61FN8O10. The average Bonchev–Trinajstić information content (AvgIpc) is 3.99. The first-order valence-corrected chi connectivity index (χ1v) is 24.2. The molecule has 4 amide bonds. The minimum Gasteiger partial charge on any atom is -0.382 e. The Hall–Kier alpha value is -6.22. The molecule has 5 aromatic rings. The average molecular weight is 965 g/mol. The molecule has 1 saturated heterocycles. The Balaban J connectivity index is 0.596. The largest absolute Gasteiger partial charge is 0.382 e. The predicted octanol–water partition coefficient (Wildman–Crippen LogP) is 5.14. The highest BCUT2D eigenvalue weighted by molar-refractivity contribution is 6.25. The van der Waals surface area contributed by atoms with Crippen LogP contribution in [0.5, 0.6) is 0 Å². The van der Waals surface area contributed by atoms with Gasteiger partial charge in [0, 0.05) is 60.0 Å². The van der Waals surface area contributed by atoms with Gasteiger partial charge in [0.2, 0.25) is 11.8 Å². The summed E-state index contributed by atoms with van der Waals surface area (Å²) in [5.41, 5.74) is 7.36. The van der Waals surface area contributed by atoms with Gasteiger partial charge >= 0.3 is 0 Å². The maximum atomic E-state index is 14.3. The van der Waals surface area contributed by atoms with Crippen LogP contribution in [0.25, 0.3) is 22.2 Å². The number of unbranched alkanes of at least 4 members (excludes halogenated alkanes) is 1. The quantitative estimate of drug-likeness (QED) is 0.0439. The van der Waals surface area contributed by atoms with Crippen LogP contribution in [0.15, 0.2) is 60.8 Å². The van der Waals surface area contributed by atoms with Crippen molar-refractivity contribution in [3.05, 3.63) is 100 Å². The molecule has 8 rings (SSSR count). The van der Waals surface area contributed by atoms with Gasteiger partial charge in [-0.2, -0.15) is 0 Å². The molecule has 0 saturated carbocycles. The fraction of sp³-hybridized carbons (Fsp3) is 0.471. The maximum Gasteiger partial charge on any atom is 0.264 e. The molecule has 2 aliphatic heterocycles. The number of piperidine rings is 1. The second-order valence-corrected chi connectivity index (χ2v) is 17.7. The van der Waals surface area contributed by atoms with E-state index in [-0.39, 0.29) is 29.8 Å². The number of rotatable bonds is 28. The lowest BCUT2D eigenvalue weighted by Crippen LogP contribution is -2.54. The van der Waals surface area contributed by atoms with Gasteiger partial charge in [0.25, 0.3) is 11.8 Å². The van der Waals surface area contributed by atoms with E-state index >= 15 is 0 Å². The van der Waals surface area contributed by atoms with Crippen molar-refractivity contribution in [2.45, 2.75) is 70.5 Å². The number of carbonyl (C=O) groups excluding carboxylic acids is 5. The summed E-state index contributed by atoms with van der Waals surface area (Å²) in [5.74, 6) is -2.56. The molecule has 19 heteroatoms. The first-order valence-electron chi connectivity index (χ1n) is 24.2. The Bertz CT molecular complexity index is 2630. The number of Topliss-reactive ketones (excluding diaryl/α,β-unsaturated/α-hetero) is 1. The van der Waals surface area contributed by atoms with E-state index in [0.29, 0.717) is 102 Å². The zero-order valence-electron chi connectivity index (χ0n) is 39.6. The van der Waals surface area contributed by atoms with Crippen LogP contribution in [-0.4, -0.2) is 151 Å². The van der Waals surface area contributed by atoms with Crippen molar-refractivity contribution in [1.29, 1.82) is 0 Å². The molecule has 0 spiro atoms. The zero-order valence-corrected chi connectivity index (χ0v) is 39.6. The number of nitrogens with zero attached hydrogens (tertiary/aromatic N) is 5. The van der Waals surface area contributed by atoms with Crippen molar-refractivity contribution in [2.24, 2.45) is 0 Å². The van der Waals surface area contributed by atoms with E-state index in [2.05, 4.69) is 62.1 Å². The molecule has 4 heterocycles. The first kappa shape index (κ1) is 50.2. The Morgan fingerprint density at radius 3 is 2.24 bits per heavy atom. The lowest BCUT2D eigenvalue weighted by atomic mass is 9.99. The zero-order chi connectivity index (χ0) is 48.8. The Kier molecular flexibility index (Phi) is 17.6. The highest BCUT2D eigenvalue weighted by Gasteiger charge is 2.45. The van der Waals surface area contributed by atoms with Crippen molar-refractivity contribution in [2.75, 3.05) is 91.5 Å². The third kappa shape index (κ3) is 12.8. The second kappa shape index (κ2) is 24.6. The number of hydrogen-bond donors (Lipinski definition) is 3. The van der Waals surface area contributed by atoms with E-state index < -0.39 is 35.5 Å². The minimum atomic E-state index is -1.02. The van der Waals surface area contributed by atoms with Crippen LogP contribution in [0, 0.1) is 5.82 Å². The number of aromatic amines is 1. The monoisotopic (exact) mass is 964 g/mol. The Morgan fingerprint density at radius 1 is 0.800 bits per heavy atom. The van der Waals surface area contributed by atoms with E-state index in [9.17, 15) is 28.4 Å². The number of ether oxygens (including phenoxy) is 5. The van der Waals surface area contributed by atoms with Gasteiger partial charge in [0.15, 0.2) is 5.78 Å². The normalized spacial score (nSPS) is 15.9. The SMILES string of the molecule is CN(CCCCc1cn(CCOCCOCCOCCOCCOCCNc2cccc3c2C(=O)N(C2CCC(=O)NC2=O)C3=O)nn1)Cc1ccc(-c2[nH]c3cc(F)cc4c3c2CCCC4=O)cc1. The number of fused-ring (bicyclic) bond motifs is 1. The van der Waals surface area contributed by atoms with Gasteiger partial charge in [0.1, 0.15) is 11.9 Å². The van der Waals surface area contributed by atoms with Crippen LogP contribution in [-0.2, 0) is 59.2 Å². The summed E-state index contributed by atoms with van der Waals surface area (Å²) in [6.07, 6.45) is 7.01. The van der Waals surface area contributed by atoms with Gasteiger partial charge in [-0.25, -0.2) is 9.07 Å².